The third-order valence-electron chi connectivity index (χ3n) is 4.11. The molecule has 0 aliphatic heterocycles. The van der Waals surface area contributed by atoms with E-state index in [0.717, 1.165) is 28.9 Å². The third-order valence-corrected chi connectivity index (χ3v) is 5.81. The van der Waals surface area contributed by atoms with Crippen LogP contribution in [0.1, 0.15) is 5.56 Å². The van der Waals surface area contributed by atoms with Crippen molar-refractivity contribution in [3.63, 3.8) is 0 Å². The molecule has 0 aliphatic carbocycles. The zero-order valence-electron chi connectivity index (χ0n) is 14.9. The predicted octanol–water partition coefficient (Wildman–Crippen LogP) is 4.72. The quantitative estimate of drug-likeness (QED) is 0.482. The Morgan fingerprint density at radius 3 is 2.50 bits per heavy atom. The Morgan fingerprint density at radius 2 is 1.79 bits per heavy atom. The summed E-state index contributed by atoms with van der Waals surface area (Å²) < 4.78 is 7.92. The van der Waals surface area contributed by atoms with Gasteiger partial charge in [0.25, 0.3) is 0 Å². The van der Waals surface area contributed by atoms with E-state index in [9.17, 15) is 0 Å². The Labute approximate surface area is 144 Å². The van der Waals surface area contributed by atoms with Gasteiger partial charge < -0.3 is 9.30 Å². The first-order valence-electron chi connectivity index (χ1n) is 8.39. The van der Waals surface area contributed by atoms with Crippen molar-refractivity contribution in [3.05, 3.63) is 48.4 Å². The van der Waals surface area contributed by atoms with Crippen LogP contribution in [0.4, 0.5) is 0 Å². The molecule has 0 saturated heterocycles. The second kappa shape index (κ2) is 6.87. The molecule has 126 valence electrons. The SMILES string of the molecule is Cc1ccc(-c2ncnc3c2ccn3COCC[Si](C)(C)C)cc1. The van der Waals surface area contributed by atoms with Crippen molar-refractivity contribution < 1.29 is 4.74 Å². The zero-order chi connectivity index (χ0) is 17.2. The van der Waals surface area contributed by atoms with Gasteiger partial charge >= 0.3 is 0 Å². The topological polar surface area (TPSA) is 39.9 Å². The fraction of sp³-hybridized carbons (Fsp3) is 0.368. The predicted molar refractivity (Wildman–Crippen MR) is 102 cm³/mol. The molecule has 4 nitrogen and oxygen atoms in total. The summed E-state index contributed by atoms with van der Waals surface area (Å²) in [6.07, 6.45) is 3.67. The van der Waals surface area contributed by atoms with E-state index >= 15 is 0 Å². The monoisotopic (exact) mass is 339 g/mol. The van der Waals surface area contributed by atoms with Crippen LogP contribution in [0.2, 0.25) is 25.7 Å². The van der Waals surface area contributed by atoms with Crippen LogP contribution in [0.15, 0.2) is 42.9 Å². The molecule has 0 amide bonds. The highest BCUT2D eigenvalue weighted by Crippen LogP contribution is 2.26. The normalized spacial score (nSPS) is 12.0. The van der Waals surface area contributed by atoms with Gasteiger partial charge in [-0.3, -0.25) is 0 Å². The first-order chi connectivity index (χ1) is 11.4. The molecule has 3 rings (SSSR count). The molecule has 2 aromatic heterocycles. The minimum absolute atomic E-state index is 0.540. The van der Waals surface area contributed by atoms with Crippen molar-refractivity contribution >= 4 is 19.1 Å². The summed E-state index contributed by atoms with van der Waals surface area (Å²) in [5.74, 6) is 0. The second-order valence-electron chi connectivity index (χ2n) is 7.46. The summed E-state index contributed by atoms with van der Waals surface area (Å²) in [7, 11) is -1.05. The maximum atomic E-state index is 5.86. The lowest BCUT2D eigenvalue weighted by Crippen LogP contribution is -2.22. The summed E-state index contributed by atoms with van der Waals surface area (Å²) in [5, 5.41) is 1.06. The van der Waals surface area contributed by atoms with Crippen LogP contribution in [-0.2, 0) is 11.5 Å². The van der Waals surface area contributed by atoms with E-state index in [1.807, 2.05) is 6.20 Å². The summed E-state index contributed by atoms with van der Waals surface area (Å²) >= 11 is 0. The molecule has 0 unspecified atom stereocenters. The van der Waals surface area contributed by atoms with Crippen LogP contribution < -0.4 is 0 Å². The largest absolute Gasteiger partial charge is 0.361 e. The summed E-state index contributed by atoms with van der Waals surface area (Å²) in [6.45, 7) is 10.5. The summed E-state index contributed by atoms with van der Waals surface area (Å²) in [6, 6.07) is 11.7. The van der Waals surface area contributed by atoms with Gasteiger partial charge in [-0.05, 0) is 19.0 Å². The molecule has 24 heavy (non-hydrogen) atoms. The Balaban J connectivity index is 1.80. The molecule has 3 aromatic rings. The fourth-order valence-corrected chi connectivity index (χ4v) is 3.35. The second-order valence-corrected chi connectivity index (χ2v) is 13.1. The number of fused-ring (bicyclic) bond motifs is 1. The molecular weight excluding hydrogens is 314 g/mol. The van der Waals surface area contributed by atoms with Crippen molar-refractivity contribution in [1.29, 1.82) is 0 Å². The van der Waals surface area contributed by atoms with E-state index in [4.69, 9.17) is 4.74 Å². The highest BCUT2D eigenvalue weighted by atomic mass is 28.3. The van der Waals surface area contributed by atoms with Gasteiger partial charge in [0.05, 0.1) is 5.69 Å². The van der Waals surface area contributed by atoms with Crippen molar-refractivity contribution in [2.75, 3.05) is 6.61 Å². The molecule has 0 bridgehead atoms. The van der Waals surface area contributed by atoms with Crippen molar-refractivity contribution in [2.45, 2.75) is 39.3 Å². The Kier molecular flexibility index (Phi) is 4.82. The van der Waals surface area contributed by atoms with Crippen molar-refractivity contribution in [1.82, 2.24) is 14.5 Å². The first-order valence-corrected chi connectivity index (χ1v) is 12.1. The molecule has 0 saturated carbocycles. The number of hydrogen-bond donors (Lipinski definition) is 0. The molecule has 0 spiro atoms. The first kappa shape index (κ1) is 16.9. The molecule has 1 aromatic carbocycles. The molecule has 2 heterocycles. The molecule has 0 atom stereocenters. The van der Waals surface area contributed by atoms with Gasteiger partial charge in [0.1, 0.15) is 18.7 Å². The van der Waals surface area contributed by atoms with E-state index in [1.165, 1.54) is 11.6 Å². The third kappa shape index (κ3) is 3.91. The number of benzene rings is 1. The number of nitrogens with zero attached hydrogens (tertiary/aromatic N) is 3. The van der Waals surface area contributed by atoms with Crippen LogP contribution in [-0.4, -0.2) is 29.2 Å². The lowest BCUT2D eigenvalue weighted by atomic mass is 10.1. The molecule has 0 N–H and O–H groups in total. The average molecular weight is 340 g/mol. The number of ether oxygens (including phenoxy) is 1. The Morgan fingerprint density at radius 1 is 1.04 bits per heavy atom. The van der Waals surface area contributed by atoms with Crippen molar-refractivity contribution in [2.24, 2.45) is 0 Å². The lowest BCUT2D eigenvalue weighted by Gasteiger charge is -2.15. The van der Waals surface area contributed by atoms with Crippen LogP contribution in [0.3, 0.4) is 0 Å². The van der Waals surface area contributed by atoms with E-state index in [1.54, 1.807) is 6.33 Å². The smallest absolute Gasteiger partial charge is 0.145 e. The lowest BCUT2D eigenvalue weighted by molar-refractivity contribution is 0.0899. The number of rotatable bonds is 6. The highest BCUT2D eigenvalue weighted by Gasteiger charge is 2.13. The Bertz CT molecular complexity index is 819. The van der Waals surface area contributed by atoms with E-state index in [0.29, 0.717) is 6.73 Å². The van der Waals surface area contributed by atoms with Crippen molar-refractivity contribution in [3.8, 4) is 11.3 Å². The van der Waals surface area contributed by atoms with Gasteiger partial charge in [-0.25, -0.2) is 9.97 Å². The van der Waals surface area contributed by atoms with Gasteiger partial charge in [-0.1, -0.05) is 49.5 Å². The van der Waals surface area contributed by atoms with Gasteiger partial charge in [-0.15, -0.1) is 0 Å². The fourth-order valence-electron chi connectivity index (χ4n) is 2.59. The highest BCUT2D eigenvalue weighted by molar-refractivity contribution is 6.76. The maximum Gasteiger partial charge on any atom is 0.145 e. The van der Waals surface area contributed by atoms with Crippen LogP contribution in [0, 0.1) is 6.92 Å². The molecule has 0 radical (unpaired) electrons. The van der Waals surface area contributed by atoms with Crippen LogP contribution in [0.5, 0.6) is 0 Å². The summed E-state index contributed by atoms with van der Waals surface area (Å²) in [5.41, 5.74) is 4.26. The van der Waals surface area contributed by atoms with Crippen LogP contribution in [0.25, 0.3) is 22.3 Å². The van der Waals surface area contributed by atoms with Gasteiger partial charge in [0, 0.05) is 31.8 Å². The minimum atomic E-state index is -1.05. The number of aromatic nitrogens is 3. The van der Waals surface area contributed by atoms with E-state index < -0.39 is 8.07 Å². The number of hydrogen-bond acceptors (Lipinski definition) is 3. The standard InChI is InChI=1S/C19H25N3OSi/c1-15-5-7-16(8-6-15)18-17-9-10-22(19(17)21-13-20-18)14-23-11-12-24(2,3)4/h5-10,13H,11-12,14H2,1-4H3. The number of aryl methyl sites for hydroxylation is 1. The minimum Gasteiger partial charge on any atom is -0.361 e. The van der Waals surface area contributed by atoms with Gasteiger partial charge in [0.2, 0.25) is 0 Å². The van der Waals surface area contributed by atoms with Gasteiger partial charge in [-0.2, -0.15) is 0 Å². The van der Waals surface area contributed by atoms with Crippen LogP contribution >= 0.6 is 0 Å². The van der Waals surface area contributed by atoms with E-state index in [2.05, 4.69) is 71.4 Å². The molecule has 0 fully saturated rings. The maximum absolute atomic E-state index is 5.86. The summed E-state index contributed by atoms with van der Waals surface area (Å²) in [4.78, 5) is 8.94. The average Bonchev–Trinajstić information content (AvgIpc) is 2.95. The zero-order valence-corrected chi connectivity index (χ0v) is 15.9. The Hall–Kier alpha value is -1.98. The molecule has 5 heteroatoms. The van der Waals surface area contributed by atoms with E-state index in [-0.39, 0.29) is 0 Å². The van der Waals surface area contributed by atoms with Gasteiger partial charge in [0.15, 0.2) is 0 Å². The molecular formula is C19H25N3OSi. The molecule has 0 aliphatic rings.